The summed E-state index contributed by atoms with van der Waals surface area (Å²) in [6, 6.07) is 4.69. The van der Waals surface area contributed by atoms with E-state index in [4.69, 9.17) is 10.4 Å². The van der Waals surface area contributed by atoms with Crippen molar-refractivity contribution in [1.82, 2.24) is 14.9 Å². The summed E-state index contributed by atoms with van der Waals surface area (Å²) in [4.78, 5) is 27.5. The molecule has 2 heterocycles. The quantitative estimate of drug-likeness (QED) is 0.526. The minimum absolute atomic E-state index is 0.0261. The number of fused-ring (bicyclic) bond motifs is 1. The summed E-state index contributed by atoms with van der Waals surface area (Å²) in [6.45, 7) is 0.968. The summed E-state index contributed by atoms with van der Waals surface area (Å²) < 4.78 is 7.03. The van der Waals surface area contributed by atoms with Crippen molar-refractivity contribution in [3.05, 3.63) is 47.5 Å². The molecule has 2 aromatic rings. The summed E-state index contributed by atoms with van der Waals surface area (Å²) >= 11 is 0. The molecule has 0 fully saturated rings. The van der Waals surface area contributed by atoms with E-state index in [0.717, 1.165) is 0 Å². The summed E-state index contributed by atoms with van der Waals surface area (Å²) in [6.07, 6.45) is 3.31. The monoisotopic (exact) mass is 344 g/mol. The minimum atomic E-state index is -1.36. The molecule has 3 rings (SSSR count). The number of aromatic carboxylic acids is 1. The second kappa shape index (κ2) is 6.95. The van der Waals surface area contributed by atoms with Gasteiger partial charge in [0.2, 0.25) is 0 Å². The molecule has 5 N–H and O–H groups in total. The van der Waals surface area contributed by atoms with Gasteiger partial charge in [-0.1, -0.05) is 12.1 Å². The molecule has 0 spiro atoms. The standard InChI is InChI=1S/C15H17BN4O5/c17-4-5-20-7-11(18-8-20)14(21)19-12-6-9-2-1-3-10(15(22)23)13(9)25-16(12)24/h1-3,7-8,12,24H,4-6,17H2,(H,19,21)(H,22,23). The highest BCUT2D eigenvalue weighted by molar-refractivity contribution is 6.47. The van der Waals surface area contributed by atoms with Crippen LogP contribution in [0.4, 0.5) is 0 Å². The number of nitrogens with two attached hydrogens (primary N) is 1. The number of hydrogen-bond acceptors (Lipinski definition) is 6. The van der Waals surface area contributed by atoms with E-state index < -0.39 is 24.9 Å². The zero-order chi connectivity index (χ0) is 18.0. The Morgan fingerprint density at radius 3 is 3.00 bits per heavy atom. The van der Waals surface area contributed by atoms with Crippen LogP contribution in [0.1, 0.15) is 26.4 Å². The third-order valence-corrected chi connectivity index (χ3v) is 3.92. The maximum absolute atomic E-state index is 12.3. The average Bonchev–Trinajstić information content (AvgIpc) is 3.04. The van der Waals surface area contributed by atoms with Crippen LogP contribution in [0.15, 0.2) is 30.7 Å². The van der Waals surface area contributed by atoms with Crippen molar-refractivity contribution in [2.75, 3.05) is 6.54 Å². The highest BCUT2D eigenvalue weighted by Gasteiger charge is 2.38. The summed E-state index contributed by atoms with van der Waals surface area (Å²) in [5, 5.41) is 22.0. The topological polar surface area (TPSA) is 140 Å². The number of benzene rings is 1. The van der Waals surface area contributed by atoms with Gasteiger partial charge in [0.15, 0.2) is 0 Å². The van der Waals surface area contributed by atoms with Gasteiger partial charge in [0.05, 0.1) is 17.8 Å². The van der Waals surface area contributed by atoms with Gasteiger partial charge < -0.3 is 30.4 Å². The van der Waals surface area contributed by atoms with E-state index in [1.165, 1.54) is 12.4 Å². The zero-order valence-corrected chi connectivity index (χ0v) is 13.3. The molecule has 10 heteroatoms. The number of hydrogen-bond donors (Lipinski definition) is 4. The molecule has 0 bridgehead atoms. The van der Waals surface area contributed by atoms with E-state index in [1.54, 1.807) is 22.9 Å². The van der Waals surface area contributed by atoms with Crippen molar-refractivity contribution >= 4 is 19.0 Å². The smallest absolute Gasteiger partial charge is 0.534 e. The normalized spacial score (nSPS) is 16.1. The Morgan fingerprint density at radius 2 is 2.28 bits per heavy atom. The number of para-hydroxylation sites is 1. The van der Waals surface area contributed by atoms with Gasteiger partial charge in [-0.25, -0.2) is 9.78 Å². The molecule has 9 nitrogen and oxygen atoms in total. The van der Waals surface area contributed by atoms with Crippen LogP contribution < -0.4 is 15.7 Å². The molecule has 1 unspecified atom stereocenters. The third-order valence-electron chi connectivity index (χ3n) is 3.92. The number of carbonyl (C=O) groups is 2. The van der Waals surface area contributed by atoms with Crippen molar-refractivity contribution in [1.29, 1.82) is 0 Å². The Kier molecular flexibility index (Phi) is 4.73. The predicted octanol–water partition coefficient (Wildman–Crippen LogP) is -0.707. The second-order valence-corrected chi connectivity index (χ2v) is 5.68. The highest BCUT2D eigenvalue weighted by Crippen LogP contribution is 2.30. The third kappa shape index (κ3) is 3.49. The fraction of sp³-hybridized carbons (Fsp3) is 0.267. The van der Waals surface area contributed by atoms with E-state index in [2.05, 4.69) is 10.3 Å². The highest BCUT2D eigenvalue weighted by atomic mass is 16.5. The average molecular weight is 344 g/mol. The fourth-order valence-corrected chi connectivity index (χ4v) is 2.71. The van der Waals surface area contributed by atoms with Crippen LogP contribution in [0, 0.1) is 0 Å². The van der Waals surface area contributed by atoms with Crippen LogP contribution in [0.25, 0.3) is 0 Å². The molecule has 130 valence electrons. The SMILES string of the molecule is NCCn1cnc(C(=O)NC2Cc3cccc(C(=O)O)c3OB2O)c1. The number of carboxylic acids is 1. The molecule has 1 aromatic carbocycles. The fourth-order valence-electron chi connectivity index (χ4n) is 2.71. The van der Waals surface area contributed by atoms with Crippen molar-refractivity contribution < 1.29 is 24.4 Å². The Morgan fingerprint density at radius 1 is 1.48 bits per heavy atom. The molecule has 0 saturated heterocycles. The maximum atomic E-state index is 12.3. The first-order chi connectivity index (χ1) is 12.0. The first-order valence-electron chi connectivity index (χ1n) is 7.72. The lowest BCUT2D eigenvalue weighted by atomic mass is 9.72. The number of nitrogens with one attached hydrogen (secondary N) is 1. The van der Waals surface area contributed by atoms with Gasteiger partial charge in [-0.2, -0.15) is 0 Å². The largest absolute Gasteiger partial charge is 0.547 e. The van der Waals surface area contributed by atoms with Gasteiger partial charge >= 0.3 is 13.1 Å². The van der Waals surface area contributed by atoms with Gasteiger partial charge in [0.1, 0.15) is 11.4 Å². The van der Waals surface area contributed by atoms with Crippen molar-refractivity contribution in [2.24, 2.45) is 5.73 Å². The molecule has 0 radical (unpaired) electrons. The van der Waals surface area contributed by atoms with Crippen molar-refractivity contribution in [3.63, 3.8) is 0 Å². The van der Waals surface area contributed by atoms with Gasteiger partial charge in [-0.05, 0) is 18.1 Å². The van der Waals surface area contributed by atoms with Gasteiger partial charge in [0, 0.05) is 19.3 Å². The molecule has 1 aliphatic heterocycles. The number of imidazole rings is 1. The Labute approximate surface area is 143 Å². The van der Waals surface area contributed by atoms with Gasteiger partial charge in [0.25, 0.3) is 5.91 Å². The van der Waals surface area contributed by atoms with Crippen LogP contribution in [0.2, 0.25) is 0 Å². The van der Waals surface area contributed by atoms with E-state index in [9.17, 15) is 19.7 Å². The van der Waals surface area contributed by atoms with Crippen LogP contribution in [-0.2, 0) is 13.0 Å². The predicted molar refractivity (Wildman–Crippen MR) is 88.2 cm³/mol. The first kappa shape index (κ1) is 17.0. The maximum Gasteiger partial charge on any atom is 0.547 e. The molecule has 0 saturated carbocycles. The molecule has 1 aliphatic rings. The van der Waals surface area contributed by atoms with Crippen LogP contribution >= 0.6 is 0 Å². The number of aromatic nitrogens is 2. The van der Waals surface area contributed by atoms with Crippen LogP contribution in [0.3, 0.4) is 0 Å². The number of carbonyl (C=O) groups excluding carboxylic acids is 1. The molecule has 1 aromatic heterocycles. The molecular formula is C15H17BN4O5. The summed E-state index contributed by atoms with van der Waals surface area (Å²) in [5.74, 6) is -2.19. The van der Waals surface area contributed by atoms with E-state index >= 15 is 0 Å². The van der Waals surface area contributed by atoms with E-state index in [0.29, 0.717) is 18.7 Å². The van der Waals surface area contributed by atoms with Gasteiger partial charge in [-0.15, -0.1) is 0 Å². The van der Waals surface area contributed by atoms with E-state index in [-0.39, 0.29) is 23.4 Å². The second-order valence-electron chi connectivity index (χ2n) is 5.68. The number of amides is 1. The number of carboxylic acid groups (broad SMARTS) is 1. The lowest BCUT2D eigenvalue weighted by Gasteiger charge is -2.28. The van der Waals surface area contributed by atoms with Crippen LogP contribution in [-0.4, -0.2) is 51.2 Å². The van der Waals surface area contributed by atoms with E-state index in [1.807, 2.05) is 0 Å². The number of nitrogens with zero attached hydrogens (tertiary/aromatic N) is 2. The van der Waals surface area contributed by atoms with Crippen LogP contribution in [0.5, 0.6) is 5.75 Å². The Hall–Kier alpha value is -2.85. The van der Waals surface area contributed by atoms with Gasteiger partial charge in [-0.3, -0.25) is 4.79 Å². The lowest BCUT2D eigenvalue weighted by molar-refractivity contribution is 0.0693. The molecule has 0 aliphatic carbocycles. The molecule has 25 heavy (non-hydrogen) atoms. The Bertz CT molecular complexity index is 809. The van der Waals surface area contributed by atoms with Crippen molar-refractivity contribution in [3.8, 4) is 5.75 Å². The zero-order valence-electron chi connectivity index (χ0n) is 13.3. The summed E-state index contributed by atoms with van der Waals surface area (Å²) in [5.41, 5.74) is 6.23. The number of rotatable bonds is 5. The minimum Gasteiger partial charge on any atom is -0.534 e. The lowest BCUT2D eigenvalue weighted by Crippen LogP contribution is -2.53. The first-order valence-corrected chi connectivity index (χ1v) is 7.72. The molecule has 1 atom stereocenters. The molecule has 1 amide bonds. The molecular weight excluding hydrogens is 327 g/mol. The Balaban J connectivity index is 1.74. The summed E-state index contributed by atoms with van der Waals surface area (Å²) in [7, 11) is -1.36. The van der Waals surface area contributed by atoms with Crippen molar-refractivity contribution in [2.45, 2.75) is 18.9 Å².